The highest BCUT2D eigenvalue weighted by molar-refractivity contribution is 7.91. The normalized spacial score (nSPS) is 26.6. The Hall–Kier alpha value is -1.24. The number of nitrogen functional groups attached to an aromatic ring is 1. The lowest BCUT2D eigenvalue weighted by Crippen LogP contribution is -2.42. The van der Waals surface area contributed by atoms with Crippen LogP contribution < -0.4 is 11.3 Å². The molecule has 2 heterocycles. The summed E-state index contributed by atoms with van der Waals surface area (Å²) in [6, 6.07) is 0. The number of hydrogen-bond donors (Lipinski definition) is 1. The average molecular weight is 273 g/mol. The molecule has 2 rings (SSSR count). The van der Waals surface area contributed by atoms with E-state index in [1.807, 2.05) is 6.92 Å². The maximum Gasteiger partial charge on any atom is 0.290 e. The topological polar surface area (TPSA) is 87.1 Å². The molecule has 0 aromatic carbocycles. The first kappa shape index (κ1) is 13.2. The van der Waals surface area contributed by atoms with Crippen molar-refractivity contribution in [2.45, 2.75) is 32.2 Å². The fourth-order valence-electron chi connectivity index (χ4n) is 2.86. The molecule has 0 amide bonds. The van der Waals surface area contributed by atoms with Gasteiger partial charge in [-0.1, -0.05) is 6.92 Å². The van der Waals surface area contributed by atoms with Crippen LogP contribution >= 0.6 is 0 Å². The molecule has 1 fully saturated rings. The SMILES string of the molecule is CCc1c(N)c(=O)n(C2(C)CCS(=O)(=O)C2)n1C. The molecule has 1 aromatic rings. The Bertz CT molecular complexity index is 641. The van der Waals surface area contributed by atoms with E-state index in [0.717, 1.165) is 5.69 Å². The van der Waals surface area contributed by atoms with E-state index in [9.17, 15) is 13.2 Å². The summed E-state index contributed by atoms with van der Waals surface area (Å²) >= 11 is 0. The minimum absolute atomic E-state index is 0.000351. The molecule has 1 aromatic heterocycles. The number of sulfone groups is 1. The molecule has 7 heteroatoms. The van der Waals surface area contributed by atoms with Crippen molar-refractivity contribution in [3.8, 4) is 0 Å². The van der Waals surface area contributed by atoms with E-state index in [1.54, 1.807) is 18.7 Å². The predicted molar refractivity (Wildman–Crippen MR) is 70.4 cm³/mol. The number of nitrogens with two attached hydrogens (primary N) is 1. The summed E-state index contributed by atoms with van der Waals surface area (Å²) in [5.74, 6) is 0.128. The summed E-state index contributed by atoms with van der Waals surface area (Å²) in [7, 11) is -1.30. The average Bonchev–Trinajstić information content (AvgIpc) is 2.64. The molecule has 0 radical (unpaired) electrons. The molecule has 0 saturated carbocycles. The Morgan fingerprint density at radius 1 is 1.44 bits per heavy atom. The molecular formula is C11H19N3O3S. The molecule has 0 aliphatic carbocycles. The summed E-state index contributed by atoms with van der Waals surface area (Å²) in [6.45, 7) is 3.72. The summed E-state index contributed by atoms with van der Waals surface area (Å²) in [4.78, 5) is 12.2. The molecule has 1 aliphatic heterocycles. The predicted octanol–water partition coefficient (Wildman–Crippen LogP) is -0.135. The highest BCUT2D eigenvalue weighted by Gasteiger charge is 2.42. The van der Waals surface area contributed by atoms with Gasteiger partial charge in [0.1, 0.15) is 5.69 Å². The quantitative estimate of drug-likeness (QED) is 0.813. The van der Waals surface area contributed by atoms with Crippen molar-refractivity contribution < 1.29 is 8.42 Å². The van der Waals surface area contributed by atoms with Crippen molar-refractivity contribution >= 4 is 15.5 Å². The third-order valence-corrected chi connectivity index (χ3v) is 5.64. The van der Waals surface area contributed by atoms with Gasteiger partial charge in [0.15, 0.2) is 9.84 Å². The number of aromatic nitrogens is 2. The van der Waals surface area contributed by atoms with Crippen molar-refractivity contribution in [1.82, 2.24) is 9.36 Å². The summed E-state index contributed by atoms with van der Waals surface area (Å²) in [5, 5.41) is 0. The van der Waals surface area contributed by atoms with Crippen LogP contribution in [0.2, 0.25) is 0 Å². The monoisotopic (exact) mass is 273 g/mol. The lowest BCUT2D eigenvalue weighted by Gasteiger charge is -2.26. The third kappa shape index (κ3) is 1.77. The van der Waals surface area contributed by atoms with E-state index in [-0.39, 0.29) is 22.8 Å². The van der Waals surface area contributed by atoms with Crippen molar-refractivity contribution in [1.29, 1.82) is 0 Å². The molecule has 18 heavy (non-hydrogen) atoms. The van der Waals surface area contributed by atoms with Crippen LogP contribution in [0.25, 0.3) is 0 Å². The van der Waals surface area contributed by atoms with E-state index in [1.165, 1.54) is 4.68 Å². The van der Waals surface area contributed by atoms with Gasteiger partial charge in [0.2, 0.25) is 0 Å². The Kier molecular flexibility index (Phi) is 2.84. The van der Waals surface area contributed by atoms with Crippen LogP contribution in [0.5, 0.6) is 0 Å². The zero-order valence-electron chi connectivity index (χ0n) is 10.9. The second kappa shape index (κ2) is 3.88. The van der Waals surface area contributed by atoms with Crippen LogP contribution in [0.1, 0.15) is 26.0 Å². The zero-order chi connectivity index (χ0) is 13.7. The van der Waals surface area contributed by atoms with Gasteiger partial charge in [-0.05, 0) is 19.8 Å². The molecule has 0 bridgehead atoms. The van der Waals surface area contributed by atoms with Crippen LogP contribution in [0, 0.1) is 0 Å². The van der Waals surface area contributed by atoms with E-state index in [4.69, 9.17) is 5.73 Å². The largest absolute Gasteiger partial charge is 0.393 e. The fourth-order valence-corrected chi connectivity index (χ4v) is 4.97. The third-order valence-electron chi connectivity index (χ3n) is 3.75. The molecule has 1 aliphatic rings. The van der Waals surface area contributed by atoms with E-state index in [0.29, 0.717) is 12.8 Å². The maximum atomic E-state index is 12.2. The highest BCUT2D eigenvalue weighted by atomic mass is 32.2. The smallest absolute Gasteiger partial charge is 0.290 e. The number of hydrogen-bond acceptors (Lipinski definition) is 4. The first-order valence-electron chi connectivity index (χ1n) is 5.99. The van der Waals surface area contributed by atoms with Gasteiger partial charge in [-0.3, -0.25) is 9.48 Å². The van der Waals surface area contributed by atoms with Gasteiger partial charge in [-0.25, -0.2) is 13.1 Å². The van der Waals surface area contributed by atoms with Gasteiger partial charge < -0.3 is 5.73 Å². The minimum atomic E-state index is -3.06. The van der Waals surface area contributed by atoms with Gasteiger partial charge in [0.25, 0.3) is 5.56 Å². The van der Waals surface area contributed by atoms with E-state index < -0.39 is 15.4 Å². The van der Waals surface area contributed by atoms with E-state index in [2.05, 4.69) is 0 Å². The van der Waals surface area contributed by atoms with Crippen LogP contribution in [-0.2, 0) is 28.8 Å². The first-order chi connectivity index (χ1) is 8.22. The summed E-state index contributed by atoms with van der Waals surface area (Å²) in [6.07, 6.45) is 1.10. The lowest BCUT2D eigenvalue weighted by atomic mass is 10.0. The van der Waals surface area contributed by atoms with Crippen LogP contribution in [-0.4, -0.2) is 29.3 Å². The molecule has 102 valence electrons. The molecular weight excluding hydrogens is 254 g/mol. The molecule has 6 nitrogen and oxygen atoms in total. The lowest BCUT2D eigenvalue weighted by molar-refractivity contribution is 0.278. The summed E-state index contributed by atoms with van der Waals surface area (Å²) < 4.78 is 26.5. The Balaban J connectivity index is 2.63. The van der Waals surface area contributed by atoms with Gasteiger partial charge in [0, 0.05) is 7.05 Å². The molecule has 1 atom stereocenters. The maximum absolute atomic E-state index is 12.2. The Labute approximate surface area is 106 Å². The second-order valence-corrected chi connectivity index (χ2v) is 7.38. The summed E-state index contributed by atoms with van der Waals surface area (Å²) in [5.41, 5.74) is 5.82. The molecule has 0 spiro atoms. The fraction of sp³-hybridized carbons (Fsp3) is 0.727. The van der Waals surface area contributed by atoms with Gasteiger partial charge >= 0.3 is 0 Å². The highest BCUT2D eigenvalue weighted by Crippen LogP contribution is 2.30. The standard InChI is InChI=1S/C11H19N3O3S/c1-4-8-9(12)10(15)14(13(8)3)11(2)5-6-18(16,17)7-11/h4-7,12H2,1-3H3. The van der Waals surface area contributed by atoms with Crippen LogP contribution in [0.3, 0.4) is 0 Å². The molecule has 1 unspecified atom stereocenters. The minimum Gasteiger partial charge on any atom is -0.393 e. The first-order valence-corrected chi connectivity index (χ1v) is 7.81. The Morgan fingerprint density at radius 3 is 2.44 bits per heavy atom. The van der Waals surface area contributed by atoms with Crippen LogP contribution in [0.4, 0.5) is 5.69 Å². The van der Waals surface area contributed by atoms with Crippen molar-refractivity contribution in [3.63, 3.8) is 0 Å². The van der Waals surface area contributed by atoms with Gasteiger partial charge in [-0.15, -0.1) is 0 Å². The van der Waals surface area contributed by atoms with Gasteiger partial charge in [-0.2, -0.15) is 0 Å². The number of anilines is 1. The molecule has 2 N–H and O–H groups in total. The van der Waals surface area contributed by atoms with Crippen molar-refractivity contribution in [2.75, 3.05) is 17.2 Å². The van der Waals surface area contributed by atoms with Crippen LogP contribution in [0.15, 0.2) is 4.79 Å². The van der Waals surface area contributed by atoms with E-state index >= 15 is 0 Å². The Morgan fingerprint density at radius 2 is 2.06 bits per heavy atom. The van der Waals surface area contributed by atoms with Crippen molar-refractivity contribution in [2.24, 2.45) is 7.05 Å². The molecule has 1 saturated heterocycles. The second-order valence-electron chi connectivity index (χ2n) is 5.19. The van der Waals surface area contributed by atoms with Gasteiger partial charge in [0.05, 0.1) is 22.7 Å². The number of nitrogens with zero attached hydrogens (tertiary/aromatic N) is 2. The zero-order valence-corrected chi connectivity index (χ0v) is 11.7. The number of rotatable bonds is 2. The van der Waals surface area contributed by atoms with Crippen molar-refractivity contribution in [3.05, 3.63) is 16.0 Å².